The molecular formula is C27H34N4O6. The average molecular weight is 511 g/mol. The number of para-hydroxylation sites is 1. The van der Waals surface area contributed by atoms with Gasteiger partial charge in [-0.15, -0.1) is 0 Å². The first kappa shape index (κ1) is 26.4. The van der Waals surface area contributed by atoms with E-state index in [1.165, 1.54) is 4.90 Å². The molecule has 1 aromatic heterocycles. The highest BCUT2D eigenvalue weighted by atomic mass is 16.6. The monoisotopic (exact) mass is 510 g/mol. The molecule has 0 radical (unpaired) electrons. The number of amides is 1. The largest absolute Gasteiger partial charge is 0.480 e. The number of nitrogens with zero attached hydrogens (tertiary/aromatic N) is 4. The van der Waals surface area contributed by atoms with Crippen LogP contribution in [0.5, 0.6) is 5.75 Å². The minimum Gasteiger partial charge on any atom is -0.480 e. The van der Waals surface area contributed by atoms with Crippen molar-refractivity contribution in [3.63, 3.8) is 0 Å². The number of pyridine rings is 1. The van der Waals surface area contributed by atoms with Gasteiger partial charge in [-0.05, 0) is 30.0 Å². The van der Waals surface area contributed by atoms with Gasteiger partial charge in [0.25, 0.3) is 5.91 Å². The van der Waals surface area contributed by atoms with E-state index in [0.717, 1.165) is 5.56 Å². The Labute approximate surface area is 216 Å². The second-order valence-electron chi connectivity index (χ2n) is 10.8. The van der Waals surface area contributed by atoms with Crippen molar-refractivity contribution in [1.82, 2.24) is 9.88 Å². The first-order chi connectivity index (χ1) is 17.5. The van der Waals surface area contributed by atoms with E-state index in [-0.39, 0.29) is 11.5 Å². The van der Waals surface area contributed by atoms with Crippen molar-refractivity contribution >= 4 is 17.7 Å². The standard InChI is InChI=1S/C27H34N4O6/c1-7-36-26(33)23-20(27(2,3)4)22(31(34)35)21(17-12-10-14-28-24(17)29(5)6)30(23)25(32)19-15-16-11-8-9-13-18(16)37-19/h8-14,19-23H,7,15H2,1-6H3/t19-,20-,21-,22-,23-/m0/s1. The molecule has 1 fully saturated rings. The van der Waals surface area contributed by atoms with Crippen molar-refractivity contribution in [3.8, 4) is 5.75 Å². The number of hydrogen-bond donors (Lipinski definition) is 0. The Balaban J connectivity index is 1.92. The van der Waals surface area contributed by atoms with E-state index < -0.39 is 47.4 Å². The molecule has 1 aromatic carbocycles. The topological polar surface area (TPSA) is 115 Å². The number of nitro groups is 1. The maximum absolute atomic E-state index is 14.3. The number of fused-ring (bicyclic) bond motifs is 1. The van der Waals surface area contributed by atoms with Crippen molar-refractivity contribution in [3.05, 3.63) is 63.8 Å². The van der Waals surface area contributed by atoms with E-state index in [2.05, 4.69) is 4.98 Å². The van der Waals surface area contributed by atoms with Gasteiger partial charge in [-0.25, -0.2) is 9.78 Å². The van der Waals surface area contributed by atoms with Crippen LogP contribution in [0, 0.1) is 21.4 Å². The van der Waals surface area contributed by atoms with Gasteiger partial charge in [0.1, 0.15) is 23.7 Å². The van der Waals surface area contributed by atoms with Crippen LogP contribution in [-0.4, -0.2) is 65.6 Å². The molecule has 2 aromatic rings. The van der Waals surface area contributed by atoms with Crippen LogP contribution in [0.3, 0.4) is 0 Å². The van der Waals surface area contributed by atoms with Gasteiger partial charge in [0.15, 0.2) is 6.10 Å². The van der Waals surface area contributed by atoms with E-state index in [9.17, 15) is 19.7 Å². The maximum Gasteiger partial charge on any atom is 0.329 e. The summed E-state index contributed by atoms with van der Waals surface area (Å²) in [5.41, 5.74) is 0.666. The number of carbonyl (C=O) groups excluding carboxylic acids is 2. The molecule has 1 saturated heterocycles. The molecule has 10 heteroatoms. The molecule has 0 unspecified atom stereocenters. The molecule has 3 heterocycles. The van der Waals surface area contributed by atoms with E-state index in [0.29, 0.717) is 23.6 Å². The van der Waals surface area contributed by atoms with Crippen molar-refractivity contribution in [2.75, 3.05) is 25.6 Å². The average Bonchev–Trinajstić information content (AvgIpc) is 3.43. The highest BCUT2D eigenvalue weighted by molar-refractivity contribution is 5.90. The van der Waals surface area contributed by atoms with Gasteiger partial charge in [-0.2, -0.15) is 0 Å². The number of esters is 1. The maximum atomic E-state index is 14.3. The third-order valence-electron chi connectivity index (χ3n) is 7.14. The molecule has 10 nitrogen and oxygen atoms in total. The summed E-state index contributed by atoms with van der Waals surface area (Å²) in [4.78, 5) is 47.8. The van der Waals surface area contributed by atoms with E-state index in [4.69, 9.17) is 9.47 Å². The number of anilines is 1. The highest BCUT2D eigenvalue weighted by Crippen LogP contribution is 2.51. The number of carbonyl (C=O) groups is 2. The van der Waals surface area contributed by atoms with Crippen LogP contribution in [0.15, 0.2) is 42.6 Å². The normalized spacial score (nSPS) is 24.8. The Morgan fingerprint density at radius 3 is 2.51 bits per heavy atom. The number of ether oxygens (including phenoxy) is 2. The summed E-state index contributed by atoms with van der Waals surface area (Å²) in [6, 6.07) is 7.29. The van der Waals surface area contributed by atoms with E-state index >= 15 is 0 Å². The zero-order valence-corrected chi connectivity index (χ0v) is 22.1. The Bertz CT molecular complexity index is 1170. The minimum atomic E-state index is -1.27. The molecule has 4 rings (SSSR count). The summed E-state index contributed by atoms with van der Waals surface area (Å²) < 4.78 is 11.4. The van der Waals surface area contributed by atoms with Crippen LogP contribution in [0.4, 0.5) is 5.82 Å². The molecular weight excluding hydrogens is 476 g/mol. The molecule has 0 aliphatic carbocycles. The fourth-order valence-electron chi connectivity index (χ4n) is 5.72. The van der Waals surface area contributed by atoms with E-state index in [1.807, 2.05) is 39.0 Å². The number of likely N-dealkylation sites (tertiary alicyclic amines) is 1. The predicted octanol–water partition coefficient (Wildman–Crippen LogP) is 3.27. The Morgan fingerprint density at radius 2 is 1.92 bits per heavy atom. The smallest absolute Gasteiger partial charge is 0.329 e. The molecule has 0 saturated carbocycles. The van der Waals surface area contributed by atoms with Crippen LogP contribution in [0.1, 0.15) is 44.9 Å². The zero-order valence-electron chi connectivity index (χ0n) is 22.1. The van der Waals surface area contributed by atoms with Crippen LogP contribution in [0.25, 0.3) is 0 Å². The summed E-state index contributed by atoms with van der Waals surface area (Å²) in [7, 11) is 3.57. The minimum absolute atomic E-state index is 0.0865. The van der Waals surface area contributed by atoms with Crippen molar-refractivity contribution in [1.29, 1.82) is 0 Å². The molecule has 37 heavy (non-hydrogen) atoms. The van der Waals surface area contributed by atoms with Crippen LogP contribution < -0.4 is 9.64 Å². The molecule has 198 valence electrons. The van der Waals surface area contributed by atoms with Crippen LogP contribution in [0.2, 0.25) is 0 Å². The van der Waals surface area contributed by atoms with Crippen molar-refractivity contribution in [2.24, 2.45) is 11.3 Å². The fourth-order valence-corrected chi connectivity index (χ4v) is 5.72. The van der Waals surface area contributed by atoms with Gasteiger partial charge >= 0.3 is 5.97 Å². The number of benzene rings is 1. The molecule has 5 atom stereocenters. The third-order valence-corrected chi connectivity index (χ3v) is 7.14. The van der Waals surface area contributed by atoms with Crippen LogP contribution in [-0.2, 0) is 20.7 Å². The summed E-state index contributed by atoms with van der Waals surface area (Å²) in [6.07, 6.45) is 0.995. The molecule has 0 N–H and O–H groups in total. The second-order valence-corrected chi connectivity index (χ2v) is 10.8. The lowest BCUT2D eigenvalue weighted by Gasteiger charge is -2.34. The van der Waals surface area contributed by atoms with E-state index in [1.54, 1.807) is 50.3 Å². The lowest BCUT2D eigenvalue weighted by molar-refractivity contribution is -0.536. The Hall–Kier alpha value is -3.69. The van der Waals surface area contributed by atoms with Crippen LogP contribution >= 0.6 is 0 Å². The van der Waals surface area contributed by atoms with Crippen molar-refractivity contribution < 1.29 is 24.0 Å². The molecule has 2 aliphatic rings. The van der Waals surface area contributed by atoms with Gasteiger partial charge in [-0.3, -0.25) is 14.9 Å². The van der Waals surface area contributed by atoms with Gasteiger partial charge < -0.3 is 19.3 Å². The molecule has 1 amide bonds. The number of aromatic nitrogens is 1. The van der Waals surface area contributed by atoms with Crippen molar-refractivity contribution in [2.45, 2.75) is 58.3 Å². The predicted molar refractivity (Wildman–Crippen MR) is 137 cm³/mol. The molecule has 0 spiro atoms. The molecule has 0 bridgehead atoms. The van der Waals surface area contributed by atoms with Gasteiger partial charge in [0.2, 0.25) is 6.04 Å². The summed E-state index contributed by atoms with van der Waals surface area (Å²) in [6.45, 7) is 7.31. The quantitative estimate of drug-likeness (QED) is 0.330. The second kappa shape index (κ2) is 9.99. The number of hydrogen-bond acceptors (Lipinski definition) is 8. The summed E-state index contributed by atoms with van der Waals surface area (Å²) >= 11 is 0. The first-order valence-corrected chi connectivity index (χ1v) is 12.5. The highest BCUT2D eigenvalue weighted by Gasteiger charge is 2.65. The summed E-state index contributed by atoms with van der Waals surface area (Å²) in [5.74, 6) is -0.875. The van der Waals surface area contributed by atoms with Gasteiger partial charge in [0, 0.05) is 37.2 Å². The first-order valence-electron chi connectivity index (χ1n) is 12.5. The summed E-state index contributed by atoms with van der Waals surface area (Å²) in [5, 5.41) is 12.8. The fraction of sp³-hybridized carbons (Fsp3) is 0.519. The number of rotatable bonds is 6. The lowest BCUT2D eigenvalue weighted by Crippen LogP contribution is -2.51. The van der Waals surface area contributed by atoms with Gasteiger partial charge in [-0.1, -0.05) is 45.0 Å². The SMILES string of the molecule is CCOC(=O)[C@@H]1[C@@H](C(C)(C)C)[C@H]([N+](=O)[O-])[C@H](c2cccnc2N(C)C)N1C(=O)[C@@H]1Cc2ccccc2O1. The lowest BCUT2D eigenvalue weighted by atomic mass is 9.73. The van der Waals surface area contributed by atoms with Gasteiger partial charge in [0.05, 0.1) is 12.5 Å². The Kier molecular flexibility index (Phi) is 7.12. The zero-order chi connectivity index (χ0) is 27.1. The molecule has 2 aliphatic heterocycles. The Morgan fingerprint density at radius 1 is 1.22 bits per heavy atom. The third kappa shape index (κ3) is 4.72.